The van der Waals surface area contributed by atoms with Crippen LogP contribution < -0.4 is 10.4 Å². The van der Waals surface area contributed by atoms with Crippen LogP contribution in [0.2, 0.25) is 0 Å². The maximum Gasteiger partial charge on any atom is 0.137 e. The van der Waals surface area contributed by atoms with Gasteiger partial charge in [0.15, 0.2) is 0 Å². The molecule has 1 aromatic carbocycles. The van der Waals surface area contributed by atoms with Crippen LogP contribution in [0.4, 0.5) is 0 Å². The molecule has 18 heavy (non-hydrogen) atoms. The molecule has 0 amide bonds. The fourth-order valence-corrected chi connectivity index (χ4v) is 1.41. The topological polar surface area (TPSA) is 95.2 Å². The summed E-state index contributed by atoms with van der Waals surface area (Å²) in [4.78, 5) is 0. The fraction of sp³-hybridized carbons (Fsp3) is 0. The molecule has 82 valence electrons. The Morgan fingerprint density at radius 1 is 0.944 bits per heavy atom. The highest BCUT2D eigenvalue weighted by atomic mass is 14.3. The van der Waals surface area contributed by atoms with Crippen molar-refractivity contribution in [3.8, 4) is 24.3 Å². The van der Waals surface area contributed by atoms with Crippen molar-refractivity contribution in [2.24, 2.45) is 0 Å². The van der Waals surface area contributed by atoms with Gasteiger partial charge in [-0.25, -0.2) is 0 Å². The minimum absolute atomic E-state index is 0.0277. The molecule has 1 rings (SSSR count). The van der Waals surface area contributed by atoms with E-state index in [0.717, 1.165) is 0 Å². The molecule has 0 aromatic heterocycles. The lowest BCUT2D eigenvalue weighted by Gasteiger charge is -1.96. The first-order valence-electron chi connectivity index (χ1n) is 4.83. The van der Waals surface area contributed by atoms with Crippen molar-refractivity contribution < 1.29 is 0 Å². The number of rotatable bonds is 1. The van der Waals surface area contributed by atoms with Crippen LogP contribution in [0.3, 0.4) is 0 Å². The first-order valence-corrected chi connectivity index (χ1v) is 4.83. The van der Waals surface area contributed by atoms with Gasteiger partial charge in [-0.1, -0.05) is 24.8 Å². The molecular formula is C14H6N4. The third-order valence-corrected chi connectivity index (χ3v) is 2.28. The summed E-state index contributed by atoms with van der Waals surface area (Å²) in [6.45, 7) is 3.59. The summed E-state index contributed by atoms with van der Waals surface area (Å²) >= 11 is 0. The quantitative estimate of drug-likeness (QED) is 0.710. The molecule has 0 aliphatic carbocycles. The van der Waals surface area contributed by atoms with Crippen LogP contribution in [0, 0.1) is 45.3 Å². The summed E-state index contributed by atoms with van der Waals surface area (Å²) < 4.78 is 0. The van der Waals surface area contributed by atoms with Crippen LogP contribution in [0.1, 0.15) is 5.56 Å². The van der Waals surface area contributed by atoms with E-state index in [-0.39, 0.29) is 11.1 Å². The lowest BCUT2D eigenvalue weighted by Crippen LogP contribution is -2.15. The summed E-state index contributed by atoms with van der Waals surface area (Å²) in [6, 6.07) is 11.8. The zero-order valence-corrected chi connectivity index (χ0v) is 9.31. The third-order valence-electron chi connectivity index (χ3n) is 2.28. The molecule has 0 saturated heterocycles. The van der Waals surface area contributed by atoms with Gasteiger partial charge in [-0.05, 0) is 11.6 Å². The molecule has 1 aromatic rings. The SMILES string of the molecule is C=Cc1cc(=C(C#N)C#N)ccc1=C(C#N)C#N. The summed E-state index contributed by atoms with van der Waals surface area (Å²) in [5.74, 6) is 0. The largest absolute Gasteiger partial charge is 0.192 e. The van der Waals surface area contributed by atoms with E-state index < -0.39 is 0 Å². The molecule has 0 spiro atoms. The standard InChI is InChI=1S/C14H6N4/c1-2-10-5-11(12(6-15)7-16)3-4-14(10)13(8-17)9-18/h2-5H,1H2. The first-order chi connectivity index (χ1) is 8.71. The second-order valence-electron chi connectivity index (χ2n) is 3.20. The van der Waals surface area contributed by atoms with Crippen molar-refractivity contribution >= 4 is 17.2 Å². The van der Waals surface area contributed by atoms with Crippen LogP contribution in [-0.2, 0) is 0 Å². The van der Waals surface area contributed by atoms with E-state index in [2.05, 4.69) is 6.58 Å². The molecular weight excluding hydrogens is 224 g/mol. The van der Waals surface area contributed by atoms with Gasteiger partial charge in [0.25, 0.3) is 0 Å². The van der Waals surface area contributed by atoms with E-state index in [1.807, 2.05) is 0 Å². The smallest absolute Gasteiger partial charge is 0.137 e. The van der Waals surface area contributed by atoms with E-state index >= 15 is 0 Å². The number of nitriles is 4. The van der Waals surface area contributed by atoms with Crippen molar-refractivity contribution in [2.45, 2.75) is 0 Å². The minimum atomic E-state index is -0.0353. The van der Waals surface area contributed by atoms with Gasteiger partial charge in [-0.3, -0.25) is 0 Å². The van der Waals surface area contributed by atoms with Gasteiger partial charge in [-0.15, -0.1) is 0 Å². The van der Waals surface area contributed by atoms with Gasteiger partial charge in [0.1, 0.15) is 35.4 Å². The summed E-state index contributed by atoms with van der Waals surface area (Å²) in [6.07, 6.45) is 1.47. The molecule has 0 atom stereocenters. The van der Waals surface area contributed by atoms with Gasteiger partial charge < -0.3 is 0 Å². The molecule has 0 fully saturated rings. The van der Waals surface area contributed by atoms with E-state index in [9.17, 15) is 0 Å². The van der Waals surface area contributed by atoms with Gasteiger partial charge in [0.2, 0.25) is 0 Å². The highest BCUT2D eigenvalue weighted by Gasteiger charge is 2.01. The Hall–Kier alpha value is -3.34. The highest BCUT2D eigenvalue weighted by Crippen LogP contribution is 1.96. The second kappa shape index (κ2) is 5.66. The van der Waals surface area contributed by atoms with E-state index in [0.29, 0.717) is 16.0 Å². The molecule has 4 nitrogen and oxygen atoms in total. The summed E-state index contributed by atoms with van der Waals surface area (Å²) in [7, 11) is 0. The maximum atomic E-state index is 8.82. The lowest BCUT2D eigenvalue weighted by atomic mass is 10.0. The van der Waals surface area contributed by atoms with Crippen molar-refractivity contribution in [2.75, 3.05) is 0 Å². The molecule has 4 heteroatoms. The van der Waals surface area contributed by atoms with Crippen LogP contribution in [-0.4, -0.2) is 0 Å². The van der Waals surface area contributed by atoms with E-state index in [4.69, 9.17) is 21.0 Å². The van der Waals surface area contributed by atoms with Gasteiger partial charge in [0, 0.05) is 10.4 Å². The average Bonchev–Trinajstić information content (AvgIpc) is 2.42. The summed E-state index contributed by atoms with van der Waals surface area (Å²) in [5.41, 5.74) is 0.473. The zero-order valence-electron chi connectivity index (χ0n) is 9.31. The average molecular weight is 230 g/mol. The van der Waals surface area contributed by atoms with Crippen LogP contribution in [0.15, 0.2) is 24.8 Å². The second-order valence-corrected chi connectivity index (χ2v) is 3.20. The number of hydrogen-bond donors (Lipinski definition) is 0. The Morgan fingerprint density at radius 2 is 1.50 bits per heavy atom. The number of nitrogens with zero attached hydrogens (tertiary/aromatic N) is 4. The van der Waals surface area contributed by atoms with E-state index in [1.54, 1.807) is 30.3 Å². The third kappa shape index (κ3) is 2.25. The minimum Gasteiger partial charge on any atom is -0.192 e. The van der Waals surface area contributed by atoms with Crippen molar-refractivity contribution in [1.29, 1.82) is 21.0 Å². The number of hydrogen-bond acceptors (Lipinski definition) is 4. The van der Waals surface area contributed by atoms with E-state index in [1.165, 1.54) is 18.2 Å². The van der Waals surface area contributed by atoms with Crippen LogP contribution >= 0.6 is 0 Å². The Morgan fingerprint density at radius 3 is 1.94 bits per heavy atom. The van der Waals surface area contributed by atoms with Crippen LogP contribution in [0.5, 0.6) is 0 Å². The Labute approximate surface area is 104 Å². The lowest BCUT2D eigenvalue weighted by molar-refractivity contribution is 1.44. The normalized spacial score (nSPS) is 8.00. The van der Waals surface area contributed by atoms with Gasteiger partial charge in [-0.2, -0.15) is 21.0 Å². The van der Waals surface area contributed by atoms with Crippen molar-refractivity contribution in [3.63, 3.8) is 0 Å². The zero-order chi connectivity index (χ0) is 13.5. The van der Waals surface area contributed by atoms with Crippen molar-refractivity contribution in [1.82, 2.24) is 0 Å². The monoisotopic (exact) mass is 230 g/mol. The van der Waals surface area contributed by atoms with Gasteiger partial charge in [0.05, 0.1) is 0 Å². The molecule has 0 unspecified atom stereocenters. The first kappa shape index (κ1) is 12.7. The Kier molecular flexibility index (Phi) is 4.01. The molecule has 0 N–H and O–H groups in total. The Balaban J connectivity index is 3.89. The summed E-state index contributed by atoms with van der Waals surface area (Å²) in [5, 5.41) is 36.0. The molecule has 0 heterocycles. The number of benzene rings is 1. The predicted octanol–water partition coefficient (Wildman–Crippen LogP) is 0.725. The fourth-order valence-electron chi connectivity index (χ4n) is 1.41. The molecule has 0 bridgehead atoms. The predicted molar refractivity (Wildman–Crippen MR) is 65.1 cm³/mol. The highest BCUT2D eigenvalue weighted by molar-refractivity contribution is 5.76. The van der Waals surface area contributed by atoms with Crippen LogP contribution in [0.25, 0.3) is 17.2 Å². The van der Waals surface area contributed by atoms with Gasteiger partial charge >= 0.3 is 0 Å². The molecule has 0 aliphatic rings. The Bertz CT molecular complexity index is 755. The molecule has 0 radical (unpaired) electrons. The maximum absolute atomic E-state index is 8.82. The van der Waals surface area contributed by atoms with Crippen molar-refractivity contribution in [3.05, 3.63) is 40.8 Å². The molecule has 0 aliphatic heterocycles. The molecule has 0 saturated carbocycles.